The fourth-order valence-electron chi connectivity index (χ4n) is 1.95. The van der Waals surface area contributed by atoms with Crippen molar-refractivity contribution in [2.24, 2.45) is 0 Å². The second-order valence-corrected chi connectivity index (χ2v) is 4.22. The van der Waals surface area contributed by atoms with E-state index < -0.39 is 0 Å². The molecule has 0 fully saturated rings. The van der Waals surface area contributed by atoms with Crippen molar-refractivity contribution < 1.29 is 4.39 Å². The van der Waals surface area contributed by atoms with E-state index >= 15 is 0 Å². The Labute approximate surface area is 111 Å². The maximum atomic E-state index is 12.9. The molecular weight excluding hydrogens is 237 g/mol. The minimum Gasteiger partial charge on any atom is -0.305 e. The lowest BCUT2D eigenvalue weighted by Crippen LogP contribution is -1.86. The van der Waals surface area contributed by atoms with Crippen molar-refractivity contribution in [3.63, 3.8) is 0 Å². The summed E-state index contributed by atoms with van der Waals surface area (Å²) in [6.07, 6.45) is 1.76. The first-order valence-corrected chi connectivity index (χ1v) is 6.02. The molecule has 2 heteroatoms. The minimum absolute atomic E-state index is 0.289. The molecule has 0 saturated carbocycles. The van der Waals surface area contributed by atoms with Crippen LogP contribution in [0.3, 0.4) is 0 Å². The number of pyridine rings is 1. The Morgan fingerprint density at radius 1 is 0.895 bits per heavy atom. The Morgan fingerprint density at radius 2 is 1.74 bits per heavy atom. The maximum Gasteiger partial charge on any atom is 0.0379 e. The lowest BCUT2D eigenvalue weighted by molar-refractivity contribution is 0.627. The molecule has 92 valence electrons. The van der Waals surface area contributed by atoms with E-state index in [9.17, 15) is 4.39 Å². The van der Waals surface area contributed by atoms with Crippen molar-refractivity contribution in [1.82, 2.24) is 4.98 Å². The van der Waals surface area contributed by atoms with Gasteiger partial charge in [-0.15, -0.1) is 29.8 Å². The van der Waals surface area contributed by atoms with Crippen LogP contribution < -0.4 is 0 Å². The Balaban J connectivity index is 2.03. The maximum absolute atomic E-state index is 12.9. The molecule has 2 aromatic carbocycles. The molecule has 3 aromatic rings. The zero-order valence-electron chi connectivity index (χ0n) is 10.2. The molecule has 0 saturated heterocycles. The van der Waals surface area contributed by atoms with E-state index in [4.69, 9.17) is 0 Å². The highest BCUT2D eigenvalue weighted by atomic mass is 19.1. The molecule has 0 aliphatic heterocycles. The predicted octanol–water partition coefficient (Wildman–Crippen LogP) is 4.35. The van der Waals surface area contributed by atoms with Crippen LogP contribution in [0, 0.1) is 11.9 Å². The molecule has 1 heterocycles. The van der Waals surface area contributed by atoms with Crippen LogP contribution in [0.15, 0.2) is 66.9 Å². The summed E-state index contributed by atoms with van der Waals surface area (Å²) in [5.41, 5.74) is 3.80. The largest absolute Gasteiger partial charge is 0.305 e. The van der Waals surface area contributed by atoms with Gasteiger partial charge in [-0.1, -0.05) is 36.4 Å². The van der Waals surface area contributed by atoms with E-state index in [2.05, 4.69) is 11.1 Å². The molecule has 0 radical (unpaired) electrons. The highest BCUT2D eigenvalue weighted by Gasteiger charge is 1.98. The molecule has 0 aliphatic carbocycles. The summed E-state index contributed by atoms with van der Waals surface area (Å²) in [5, 5.41) is 0. The predicted molar refractivity (Wildman–Crippen MR) is 73.9 cm³/mol. The number of nitrogens with zero attached hydrogens (tertiary/aromatic N) is 1. The van der Waals surface area contributed by atoms with E-state index in [0.29, 0.717) is 0 Å². The summed E-state index contributed by atoms with van der Waals surface area (Å²) in [7, 11) is 0. The topological polar surface area (TPSA) is 12.9 Å². The van der Waals surface area contributed by atoms with Crippen molar-refractivity contribution in [1.29, 1.82) is 0 Å². The second kappa shape index (κ2) is 5.02. The van der Waals surface area contributed by atoms with E-state index in [1.807, 2.05) is 42.5 Å². The zero-order chi connectivity index (χ0) is 13.1. The number of halogens is 1. The molecule has 0 spiro atoms. The third kappa shape index (κ3) is 2.52. The first-order valence-electron chi connectivity index (χ1n) is 6.02. The number of aromatic nitrogens is 1. The van der Waals surface area contributed by atoms with Crippen LogP contribution in [0.4, 0.5) is 4.39 Å². The van der Waals surface area contributed by atoms with Crippen LogP contribution in [0.25, 0.3) is 22.4 Å². The number of rotatable bonds is 2. The van der Waals surface area contributed by atoms with Crippen LogP contribution in [0.1, 0.15) is 0 Å². The third-order valence-corrected chi connectivity index (χ3v) is 2.92. The van der Waals surface area contributed by atoms with Crippen molar-refractivity contribution in [2.45, 2.75) is 0 Å². The van der Waals surface area contributed by atoms with Gasteiger partial charge in [0.1, 0.15) is 0 Å². The molecule has 0 N–H and O–H groups in total. The van der Waals surface area contributed by atoms with Gasteiger partial charge in [0.05, 0.1) is 0 Å². The van der Waals surface area contributed by atoms with Crippen LogP contribution in [-0.2, 0) is 0 Å². The Morgan fingerprint density at radius 3 is 2.47 bits per heavy atom. The van der Waals surface area contributed by atoms with Gasteiger partial charge in [0.25, 0.3) is 0 Å². The zero-order valence-corrected chi connectivity index (χ0v) is 10.2. The van der Waals surface area contributed by atoms with Crippen LogP contribution in [-0.4, -0.2) is 4.98 Å². The second-order valence-electron chi connectivity index (χ2n) is 4.22. The van der Waals surface area contributed by atoms with Gasteiger partial charge in [0, 0.05) is 12.0 Å². The molecule has 0 aliphatic rings. The minimum atomic E-state index is -0.289. The first kappa shape index (κ1) is 11.6. The van der Waals surface area contributed by atoms with Gasteiger partial charge in [0.2, 0.25) is 0 Å². The molecule has 1 aromatic heterocycles. The highest BCUT2D eigenvalue weighted by Crippen LogP contribution is 2.24. The average Bonchev–Trinajstić information content (AvgIpc) is 2.49. The average molecular weight is 248 g/mol. The van der Waals surface area contributed by atoms with Crippen LogP contribution in [0.2, 0.25) is 0 Å². The van der Waals surface area contributed by atoms with Gasteiger partial charge in [-0.25, -0.2) is 0 Å². The van der Waals surface area contributed by atoms with E-state index in [1.54, 1.807) is 12.3 Å². The SMILES string of the molecule is Fc1c[c-]c(-c2cc(-c3ccccc3)ccn2)cc1. The summed E-state index contributed by atoms with van der Waals surface area (Å²) in [6, 6.07) is 21.4. The summed E-state index contributed by atoms with van der Waals surface area (Å²) in [4.78, 5) is 4.31. The number of benzene rings is 2. The summed E-state index contributed by atoms with van der Waals surface area (Å²) in [6.45, 7) is 0. The summed E-state index contributed by atoms with van der Waals surface area (Å²) < 4.78 is 12.9. The van der Waals surface area contributed by atoms with Gasteiger partial charge in [-0.2, -0.15) is 0 Å². The van der Waals surface area contributed by atoms with Gasteiger partial charge in [0.15, 0.2) is 0 Å². The lowest BCUT2D eigenvalue weighted by Gasteiger charge is -2.10. The number of hydrogen-bond acceptors (Lipinski definition) is 1. The van der Waals surface area contributed by atoms with Gasteiger partial charge in [-0.05, 0) is 22.9 Å². The quantitative estimate of drug-likeness (QED) is 0.614. The molecular formula is C17H11FN-. The third-order valence-electron chi connectivity index (χ3n) is 2.92. The van der Waals surface area contributed by atoms with Crippen LogP contribution in [0.5, 0.6) is 0 Å². The Bertz CT molecular complexity index is 675. The monoisotopic (exact) mass is 248 g/mol. The normalized spacial score (nSPS) is 10.4. The molecule has 3 rings (SSSR count). The molecule has 19 heavy (non-hydrogen) atoms. The first-order chi connectivity index (χ1) is 9.33. The van der Waals surface area contributed by atoms with Gasteiger partial charge in [-0.3, -0.25) is 4.39 Å². The molecule has 0 unspecified atom stereocenters. The van der Waals surface area contributed by atoms with Crippen molar-refractivity contribution in [2.75, 3.05) is 0 Å². The molecule has 1 nitrogen and oxygen atoms in total. The van der Waals surface area contributed by atoms with Crippen molar-refractivity contribution in [3.8, 4) is 22.4 Å². The number of hydrogen-bond donors (Lipinski definition) is 0. The summed E-state index contributed by atoms with van der Waals surface area (Å²) >= 11 is 0. The standard InChI is InChI=1S/C17H11FN/c18-16-8-6-14(7-9-16)17-12-15(10-11-19-17)13-4-2-1-3-5-13/h1-6,8-12H/q-1. The molecule has 0 amide bonds. The fourth-order valence-corrected chi connectivity index (χ4v) is 1.95. The smallest absolute Gasteiger partial charge is 0.0379 e. The van der Waals surface area contributed by atoms with E-state index in [0.717, 1.165) is 22.4 Å². The van der Waals surface area contributed by atoms with Gasteiger partial charge >= 0.3 is 0 Å². The molecule has 0 bridgehead atoms. The fraction of sp³-hybridized carbons (Fsp3) is 0. The lowest BCUT2D eigenvalue weighted by atomic mass is 10.0. The van der Waals surface area contributed by atoms with E-state index in [-0.39, 0.29) is 5.82 Å². The Kier molecular flexibility index (Phi) is 3.07. The van der Waals surface area contributed by atoms with Crippen molar-refractivity contribution >= 4 is 0 Å². The van der Waals surface area contributed by atoms with Gasteiger partial charge < -0.3 is 4.98 Å². The molecule has 0 atom stereocenters. The van der Waals surface area contributed by atoms with E-state index in [1.165, 1.54) is 12.1 Å². The van der Waals surface area contributed by atoms with Crippen molar-refractivity contribution in [3.05, 3.63) is 78.7 Å². The summed E-state index contributed by atoms with van der Waals surface area (Å²) in [5.74, 6) is -0.289. The Hall–Kier alpha value is -2.48. The highest BCUT2D eigenvalue weighted by molar-refractivity contribution is 5.69. The van der Waals surface area contributed by atoms with Crippen LogP contribution >= 0.6 is 0 Å².